The molecule has 0 atom stereocenters. The Kier molecular flexibility index (Phi) is 10.3. The van der Waals surface area contributed by atoms with Crippen LogP contribution < -0.4 is 22.6 Å². The van der Waals surface area contributed by atoms with E-state index >= 15 is 0 Å². The van der Waals surface area contributed by atoms with E-state index in [9.17, 15) is 0 Å². The lowest BCUT2D eigenvalue weighted by molar-refractivity contribution is 0.194. The van der Waals surface area contributed by atoms with E-state index in [0.29, 0.717) is 11.5 Å². The van der Waals surface area contributed by atoms with Gasteiger partial charge in [-0.1, -0.05) is 70.2 Å². The molecule has 0 amide bonds. The number of rotatable bonds is 14. The molecule has 5 nitrogen and oxygen atoms in total. The highest BCUT2D eigenvalue weighted by atomic mass is 32.3. The molecule has 0 heterocycles. The smallest absolute Gasteiger partial charge is 0.162 e. The SMILES string of the molecule is C=Cc1ccc(OC(C)(C)S(C)(C)Oc2ccc(Oc3ccc(OC(C)(C)S(C)(C)Oc4ccc(C=C)cc4)cc3)cc2)cc1. The molecule has 0 saturated carbocycles. The minimum Gasteiger partial charge on any atom is -0.476 e. The highest BCUT2D eigenvalue weighted by molar-refractivity contribution is 8.30. The zero-order valence-corrected chi connectivity index (χ0v) is 29.3. The lowest BCUT2D eigenvalue weighted by Crippen LogP contribution is -2.36. The molecule has 240 valence electrons. The van der Waals surface area contributed by atoms with Crippen LogP contribution in [0, 0.1) is 0 Å². The Morgan fingerprint density at radius 1 is 0.444 bits per heavy atom. The molecule has 0 fully saturated rings. The van der Waals surface area contributed by atoms with Crippen molar-refractivity contribution < 1.29 is 22.6 Å². The van der Waals surface area contributed by atoms with Crippen molar-refractivity contribution in [1.29, 1.82) is 0 Å². The minimum absolute atomic E-state index is 0.532. The molecule has 4 rings (SSSR count). The Bertz CT molecular complexity index is 1450. The van der Waals surface area contributed by atoms with Crippen molar-refractivity contribution in [3.8, 4) is 34.5 Å². The van der Waals surface area contributed by atoms with Gasteiger partial charge in [0.25, 0.3) is 0 Å². The van der Waals surface area contributed by atoms with Gasteiger partial charge in [-0.3, -0.25) is 0 Å². The normalized spacial score (nSPS) is 12.9. The fraction of sp³-hybridized carbons (Fsp3) is 0.263. The van der Waals surface area contributed by atoms with Crippen LogP contribution in [0.25, 0.3) is 12.2 Å². The van der Waals surface area contributed by atoms with Crippen molar-refractivity contribution in [3.05, 3.63) is 121 Å². The van der Waals surface area contributed by atoms with Gasteiger partial charge in [0.05, 0.1) is 0 Å². The molecule has 0 unspecified atom stereocenters. The molecule has 0 saturated heterocycles. The largest absolute Gasteiger partial charge is 0.476 e. The average Bonchev–Trinajstić information content (AvgIpc) is 2.99. The van der Waals surface area contributed by atoms with Crippen LogP contribution in [0.15, 0.2) is 110 Å². The van der Waals surface area contributed by atoms with E-state index in [1.54, 1.807) is 0 Å². The van der Waals surface area contributed by atoms with Gasteiger partial charge in [-0.05, 0) is 112 Å². The molecular formula is C38H46O5S2. The number of ether oxygens (including phenoxy) is 3. The number of hydrogen-bond acceptors (Lipinski definition) is 5. The van der Waals surface area contributed by atoms with Crippen LogP contribution in [0.5, 0.6) is 34.5 Å². The van der Waals surface area contributed by atoms with Gasteiger partial charge in [0.15, 0.2) is 9.87 Å². The van der Waals surface area contributed by atoms with E-state index in [1.807, 2.05) is 109 Å². The zero-order chi connectivity index (χ0) is 32.9. The molecule has 0 aliphatic heterocycles. The molecule has 0 aliphatic carbocycles. The summed E-state index contributed by atoms with van der Waals surface area (Å²) < 4.78 is 31.8. The third kappa shape index (κ3) is 8.62. The Labute approximate surface area is 272 Å². The third-order valence-electron chi connectivity index (χ3n) is 7.82. The molecular weight excluding hydrogens is 601 g/mol. The van der Waals surface area contributed by atoms with Crippen LogP contribution in [-0.2, 0) is 0 Å². The van der Waals surface area contributed by atoms with Crippen LogP contribution in [-0.4, -0.2) is 34.9 Å². The maximum Gasteiger partial charge on any atom is 0.162 e. The molecule has 45 heavy (non-hydrogen) atoms. The van der Waals surface area contributed by atoms with E-state index in [2.05, 4.69) is 65.9 Å². The van der Waals surface area contributed by atoms with E-state index in [0.717, 1.165) is 34.1 Å². The summed E-state index contributed by atoms with van der Waals surface area (Å²) in [7, 11) is -3.29. The Morgan fingerprint density at radius 3 is 1.04 bits per heavy atom. The summed E-state index contributed by atoms with van der Waals surface area (Å²) in [6, 6.07) is 31.1. The topological polar surface area (TPSA) is 46.2 Å². The van der Waals surface area contributed by atoms with Crippen LogP contribution in [0.4, 0.5) is 0 Å². The molecule has 0 radical (unpaired) electrons. The van der Waals surface area contributed by atoms with Crippen molar-refractivity contribution in [2.24, 2.45) is 0 Å². The fourth-order valence-corrected chi connectivity index (χ4v) is 6.24. The third-order valence-corrected chi connectivity index (χ3v) is 13.9. The fourth-order valence-electron chi connectivity index (χ4n) is 4.06. The first-order valence-corrected chi connectivity index (χ1v) is 19.4. The molecule has 0 bridgehead atoms. The maximum atomic E-state index is 6.48. The van der Waals surface area contributed by atoms with Gasteiger partial charge in [0, 0.05) is 25.0 Å². The number of benzene rings is 4. The standard InChI is InChI=1S/C38H46O5S2/c1-11-29-13-17-33(18-14-29)40-37(3,4)45(9,10)43-36-27-23-32(24-28-36)39-31-21-25-34(26-22-31)41-38(5,6)44(7,8)42-35-19-15-30(12-2)16-20-35/h11-28H,1-2H2,3-10H3. The summed E-state index contributed by atoms with van der Waals surface area (Å²) in [5, 5.41) is 0. The second-order valence-electron chi connectivity index (χ2n) is 12.2. The van der Waals surface area contributed by atoms with Gasteiger partial charge in [-0.25, -0.2) is 0 Å². The molecule has 7 heteroatoms. The quantitative estimate of drug-likeness (QED) is 0.136. The molecule has 4 aromatic carbocycles. The first-order valence-electron chi connectivity index (χ1n) is 14.7. The molecule has 0 aromatic heterocycles. The minimum atomic E-state index is -1.66. The summed E-state index contributed by atoms with van der Waals surface area (Å²) in [6.45, 7) is 15.9. The van der Waals surface area contributed by atoms with Gasteiger partial charge in [-0.15, -0.1) is 0 Å². The summed E-state index contributed by atoms with van der Waals surface area (Å²) in [4.78, 5) is -1.08. The second-order valence-corrected chi connectivity index (χ2v) is 19.5. The highest BCUT2D eigenvalue weighted by Crippen LogP contribution is 2.55. The van der Waals surface area contributed by atoms with Crippen LogP contribution in [0.2, 0.25) is 0 Å². The Morgan fingerprint density at radius 2 is 0.711 bits per heavy atom. The van der Waals surface area contributed by atoms with Crippen molar-refractivity contribution in [2.45, 2.75) is 37.6 Å². The van der Waals surface area contributed by atoms with Crippen LogP contribution >= 0.6 is 20.6 Å². The van der Waals surface area contributed by atoms with Gasteiger partial charge in [-0.2, -0.15) is 0 Å². The summed E-state index contributed by atoms with van der Waals surface area (Å²) >= 11 is 0. The van der Waals surface area contributed by atoms with E-state index in [1.165, 1.54) is 0 Å². The monoisotopic (exact) mass is 646 g/mol. The molecule has 4 aromatic rings. The van der Waals surface area contributed by atoms with Gasteiger partial charge < -0.3 is 22.6 Å². The van der Waals surface area contributed by atoms with E-state index in [4.69, 9.17) is 22.6 Å². The highest BCUT2D eigenvalue weighted by Gasteiger charge is 2.38. The lowest BCUT2D eigenvalue weighted by Gasteiger charge is -2.45. The van der Waals surface area contributed by atoms with Gasteiger partial charge in [0.1, 0.15) is 34.5 Å². The Balaban J connectivity index is 1.34. The average molecular weight is 647 g/mol. The molecule has 0 aliphatic rings. The predicted molar refractivity (Wildman–Crippen MR) is 196 cm³/mol. The van der Waals surface area contributed by atoms with Gasteiger partial charge in [0.2, 0.25) is 0 Å². The lowest BCUT2D eigenvalue weighted by atomic mass is 10.2. The van der Waals surface area contributed by atoms with Crippen molar-refractivity contribution in [1.82, 2.24) is 0 Å². The molecule has 0 spiro atoms. The summed E-state index contributed by atoms with van der Waals surface area (Å²) in [5.41, 5.74) is 2.11. The predicted octanol–water partition coefficient (Wildman–Crippen LogP) is 11.1. The van der Waals surface area contributed by atoms with Crippen LogP contribution in [0.1, 0.15) is 38.8 Å². The van der Waals surface area contributed by atoms with E-state index < -0.39 is 30.5 Å². The van der Waals surface area contributed by atoms with Crippen LogP contribution in [0.3, 0.4) is 0 Å². The Hall–Kier alpha value is -3.94. The summed E-state index contributed by atoms with van der Waals surface area (Å²) in [6.07, 6.45) is 12.1. The van der Waals surface area contributed by atoms with Crippen molar-refractivity contribution in [3.63, 3.8) is 0 Å². The second kappa shape index (κ2) is 13.6. The first-order chi connectivity index (χ1) is 21.1. The van der Waals surface area contributed by atoms with Crippen molar-refractivity contribution in [2.75, 3.05) is 25.0 Å². The number of hydrogen-bond donors (Lipinski definition) is 0. The summed E-state index contributed by atoms with van der Waals surface area (Å²) in [5.74, 6) is 4.54. The first kappa shape index (κ1) is 33.9. The molecule has 0 N–H and O–H groups in total. The van der Waals surface area contributed by atoms with Crippen molar-refractivity contribution >= 4 is 32.8 Å². The van der Waals surface area contributed by atoms with Gasteiger partial charge >= 0.3 is 0 Å². The zero-order valence-electron chi connectivity index (χ0n) is 27.7. The van der Waals surface area contributed by atoms with E-state index in [-0.39, 0.29) is 0 Å². The maximum absolute atomic E-state index is 6.48.